The van der Waals surface area contributed by atoms with Gasteiger partial charge in [-0.15, -0.1) is 0 Å². The maximum Gasteiger partial charge on any atom is 0.125 e. The zero-order chi connectivity index (χ0) is 14.4. The Labute approximate surface area is 124 Å². The normalized spacial score (nSPS) is 10.3. The Morgan fingerprint density at radius 3 is 2.55 bits per heavy atom. The molecule has 0 radical (unpaired) electrons. The largest absolute Gasteiger partial charge is 0.496 e. The number of halogens is 1. The summed E-state index contributed by atoms with van der Waals surface area (Å²) in [5, 5.41) is 3.80. The average Bonchev–Trinajstić information content (AvgIpc) is 2.48. The van der Waals surface area contributed by atoms with Crippen LogP contribution in [0.2, 0.25) is 5.02 Å². The van der Waals surface area contributed by atoms with E-state index in [-0.39, 0.29) is 0 Å². The lowest BCUT2D eigenvalue weighted by Gasteiger charge is -2.14. The summed E-state index contributed by atoms with van der Waals surface area (Å²) in [6.07, 6.45) is 0. The first-order valence-corrected chi connectivity index (χ1v) is 6.80. The maximum absolute atomic E-state index is 6.20. The molecule has 2 aromatic rings. The molecule has 2 aromatic carbocycles. The van der Waals surface area contributed by atoms with Crippen molar-refractivity contribution in [1.82, 2.24) is 5.32 Å². The lowest BCUT2D eigenvalue weighted by Crippen LogP contribution is -2.08. The van der Waals surface area contributed by atoms with Crippen molar-refractivity contribution in [3.8, 4) is 11.5 Å². The van der Waals surface area contributed by atoms with E-state index in [0.717, 1.165) is 22.6 Å². The van der Waals surface area contributed by atoms with Crippen LogP contribution in [0.25, 0.3) is 0 Å². The summed E-state index contributed by atoms with van der Waals surface area (Å²) in [6.45, 7) is 1.11. The van der Waals surface area contributed by atoms with Crippen LogP contribution in [-0.2, 0) is 13.2 Å². The van der Waals surface area contributed by atoms with Gasteiger partial charge in [-0.2, -0.15) is 0 Å². The van der Waals surface area contributed by atoms with E-state index in [2.05, 4.69) is 5.32 Å². The summed E-state index contributed by atoms with van der Waals surface area (Å²) in [6, 6.07) is 13.5. The fourth-order valence-corrected chi connectivity index (χ4v) is 2.23. The number of nitrogens with one attached hydrogen (secondary N) is 1. The molecule has 0 fully saturated rings. The molecule has 0 heterocycles. The Hall–Kier alpha value is -1.71. The molecule has 0 spiro atoms. The van der Waals surface area contributed by atoms with Crippen LogP contribution in [0.15, 0.2) is 42.5 Å². The van der Waals surface area contributed by atoms with Crippen LogP contribution >= 0.6 is 11.6 Å². The average molecular weight is 292 g/mol. The van der Waals surface area contributed by atoms with E-state index in [1.807, 2.05) is 49.5 Å². The standard InChI is InChI=1S/C16H18ClNO2/c1-18-10-13-14(17)7-5-9-16(13)20-11-12-6-3-4-8-15(12)19-2/h3-9,18H,10-11H2,1-2H3. The second-order valence-corrected chi connectivity index (χ2v) is 4.75. The molecule has 0 aliphatic rings. The zero-order valence-electron chi connectivity index (χ0n) is 11.7. The van der Waals surface area contributed by atoms with Crippen LogP contribution in [0, 0.1) is 0 Å². The van der Waals surface area contributed by atoms with Gasteiger partial charge in [-0.25, -0.2) is 0 Å². The van der Waals surface area contributed by atoms with Gasteiger partial charge in [0, 0.05) is 22.7 Å². The van der Waals surface area contributed by atoms with Crippen LogP contribution in [0.1, 0.15) is 11.1 Å². The highest BCUT2D eigenvalue weighted by atomic mass is 35.5. The van der Waals surface area contributed by atoms with Gasteiger partial charge in [-0.05, 0) is 25.2 Å². The first-order chi connectivity index (χ1) is 9.76. The number of benzene rings is 2. The number of para-hydroxylation sites is 1. The van der Waals surface area contributed by atoms with E-state index in [4.69, 9.17) is 21.1 Å². The summed E-state index contributed by atoms with van der Waals surface area (Å²) in [7, 11) is 3.54. The van der Waals surface area contributed by atoms with Gasteiger partial charge >= 0.3 is 0 Å². The van der Waals surface area contributed by atoms with Crippen LogP contribution in [0.5, 0.6) is 11.5 Å². The lowest BCUT2D eigenvalue weighted by atomic mass is 10.2. The molecule has 0 bridgehead atoms. The van der Waals surface area contributed by atoms with Crippen molar-refractivity contribution in [2.24, 2.45) is 0 Å². The van der Waals surface area contributed by atoms with Crippen molar-refractivity contribution >= 4 is 11.6 Å². The molecule has 20 heavy (non-hydrogen) atoms. The molecule has 0 saturated heterocycles. The Bertz CT molecular complexity index is 572. The van der Waals surface area contributed by atoms with Crippen molar-refractivity contribution in [1.29, 1.82) is 0 Å². The summed E-state index contributed by atoms with van der Waals surface area (Å²) in [5.41, 5.74) is 1.97. The fourth-order valence-electron chi connectivity index (χ4n) is 2.00. The molecule has 4 heteroatoms. The van der Waals surface area contributed by atoms with Gasteiger partial charge in [0.15, 0.2) is 0 Å². The highest BCUT2D eigenvalue weighted by molar-refractivity contribution is 6.31. The van der Waals surface area contributed by atoms with Gasteiger partial charge in [-0.3, -0.25) is 0 Å². The van der Waals surface area contributed by atoms with Gasteiger partial charge in [0.1, 0.15) is 18.1 Å². The molecule has 0 saturated carbocycles. The number of hydrogen-bond donors (Lipinski definition) is 1. The molecule has 0 aliphatic heterocycles. The maximum atomic E-state index is 6.20. The van der Waals surface area contributed by atoms with Gasteiger partial charge < -0.3 is 14.8 Å². The third kappa shape index (κ3) is 3.44. The van der Waals surface area contributed by atoms with Gasteiger partial charge in [0.05, 0.1) is 7.11 Å². The Morgan fingerprint density at radius 1 is 1.05 bits per heavy atom. The molecule has 0 aliphatic carbocycles. The zero-order valence-corrected chi connectivity index (χ0v) is 12.4. The van der Waals surface area contributed by atoms with Crippen LogP contribution in [-0.4, -0.2) is 14.2 Å². The number of methoxy groups -OCH3 is 1. The van der Waals surface area contributed by atoms with Crippen LogP contribution < -0.4 is 14.8 Å². The minimum atomic E-state index is 0.446. The molecule has 3 nitrogen and oxygen atoms in total. The number of ether oxygens (including phenoxy) is 2. The van der Waals surface area contributed by atoms with Gasteiger partial charge in [-0.1, -0.05) is 35.9 Å². The molecular weight excluding hydrogens is 274 g/mol. The molecule has 0 amide bonds. The summed E-state index contributed by atoms with van der Waals surface area (Å²) >= 11 is 6.20. The second kappa shape index (κ2) is 7.17. The fraction of sp³-hybridized carbons (Fsp3) is 0.250. The summed E-state index contributed by atoms with van der Waals surface area (Å²) in [5.74, 6) is 1.61. The smallest absolute Gasteiger partial charge is 0.125 e. The monoisotopic (exact) mass is 291 g/mol. The third-order valence-electron chi connectivity index (χ3n) is 3.01. The van der Waals surface area contributed by atoms with E-state index in [9.17, 15) is 0 Å². The van der Waals surface area contributed by atoms with E-state index in [0.29, 0.717) is 18.2 Å². The molecule has 106 valence electrons. The molecule has 1 N–H and O–H groups in total. The van der Waals surface area contributed by atoms with E-state index in [1.165, 1.54) is 0 Å². The molecule has 0 aromatic heterocycles. The Balaban J connectivity index is 2.16. The quantitative estimate of drug-likeness (QED) is 0.881. The predicted octanol–water partition coefficient (Wildman–Crippen LogP) is 3.65. The SMILES string of the molecule is CNCc1c(Cl)cccc1OCc1ccccc1OC. The van der Waals surface area contributed by atoms with Crippen molar-refractivity contribution in [2.75, 3.05) is 14.2 Å². The Morgan fingerprint density at radius 2 is 1.80 bits per heavy atom. The van der Waals surface area contributed by atoms with Crippen molar-refractivity contribution < 1.29 is 9.47 Å². The number of rotatable bonds is 6. The highest BCUT2D eigenvalue weighted by Crippen LogP contribution is 2.28. The number of hydrogen-bond acceptors (Lipinski definition) is 3. The van der Waals surface area contributed by atoms with E-state index >= 15 is 0 Å². The van der Waals surface area contributed by atoms with E-state index in [1.54, 1.807) is 7.11 Å². The molecule has 2 rings (SSSR count). The molecule has 0 atom stereocenters. The van der Waals surface area contributed by atoms with Crippen molar-refractivity contribution in [2.45, 2.75) is 13.2 Å². The summed E-state index contributed by atoms with van der Waals surface area (Å²) < 4.78 is 11.2. The van der Waals surface area contributed by atoms with Gasteiger partial charge in [0.25, 0.3) is 0 Å². The topological polar surface area (TPSA) is 30.5 Å². The lowest BCUT2D eigenvalue weighted by molar-refractivity contribution is 0.293. The Kier molecular flexibility index (Phi) is 5.27. The van der Waals surface area contributed by atoms with Gasteiger partial charge in [0.2, 0.25) is 0 Å². The first-order valence-electron chi connectivity index (χ1n) is 6.43. The highest BCUT2D eigenvalue weighted by Gasteiger charge is 2.09. The summed E-state index contributed by atoms with van der Waals surface area (Å²) in [4.78, 5) is 0. The van der Waals surface area contributed by atoms with Crippen molar-refractivity contribution in [3.05, 3.63) is 58.6 Å². The third-order valence-corrected chi connectivity index (χ3v) is 3.36. The van der Waals surface area contributed by atoms with E-state index < -0.39 is 0 Å². The molecular formula is C16H18ClNO2. The minimum absolute atomic E-state index is 0.446. The van der Waals surface area contributed by atoms with Crippen LogP contribution in [0.3, 0.4) is 0 Å². The minimum Gasteiger partial charge on any atom is -0.496 e. The predicted molar refractivity (Wildman–Crippen MR) is 81.5 cm³/mol. The first kappa shape index (κ1) is 14.7. The van der Waals surface area contributed by atoms with Crippen LogP contribution in [0.4, 0.5) is 0 Å². The van der Waals surface area contributed by atoms with Crippen molar-refractivity contribution in [3.63, 3.8) is 0 Å². The molecule has 0 unspecified atom stereocenters. The second-order valence-electron chi connectivity index (χ2n) is 4.35.